The Morgan fingerprint density at radius 2 is 2.00 bits per heavy atom. The quantitative estimate of drug-likeness (QED) is 0.811. The summed E-state index contributed by atoms with van der Waals surface area (Å²) in [4.78, 5) is 0. The van der Waals surface area contributed by atoms with Crippen molar-refractivity contribution in [3.8, 4) is 0 Å². The van der Waals surface area contributed by atoms with Gasteiger partial charge in [0.1, 0.15) is 9.84 Å². The molecule has 3 nitrogen and oxygen atoms in total. The van der Waals surface area contributed by atoms with Crippen molar-refractivity contribution in [2.24, 2.45) is 17.1 Å². The van der Waals surface area contributed by atoms with Crippen molar-refractivity contribution in [2.45, 2.75) is 65.3 Å². The van der Waals surface area contributed by atoms with Crippen molar-refractivity contribution in [2.75, 3.05) is 11.5 Å². The van der Waals surface area contributed by atoms with Crippen LogP contribution in [0.3, 0.4) is 0 Å². The predicted molar refractivity (Wildman–Crippen MR) is 77.3 cm³/mol. The normalized spacial score (nSPS) is 25.9. The molecule has 0 aliphatic heterocycles. The molecule has 4 heteroatoms. The first-order chi connectivity index (χ1) is 8.28. The molecule has 108 valence electrons. The van der Waals surface area contributed by atoms with E-state index in [9.17, 15) is 8.42 Å². The Balaban J connectivity index is 2.43. The molecular formula is C14H29NO2S. The molecule has 1 aliphatic carbocycles. The number of hydrogen-bond donors (Lipinski definition) is 1. The smallest absolute Gasteiger partial charge is 0.150 e. The second-order valence-electron chi connectivity index (χ2n) is 6.38. The van der Waals surface area contributed by atoms with Gasteiger partial charge in [-0.15, -0.1) is 0 Å². The zero-order chi connectivity index (χ0) is 13.8. The first kappa shape index (κ1) is 16.0. The summed E-state index contributed by atoms with van der Waals surface area (Å²) in [6.45, 7) is 6.32. The van der Waals surface area contributed by atoms with Crippen molar-refractivity contribution >= 4 is 9.84 Å². The van der Waals surface area contributed by atoms with E-state index in [4.69, 9.17) is 5.73 Å². The maximum atomic E-state index is 11.4. The molecule has 1 aliphatic rings. The van der Waals surface area contributed by atoms with Gasteiger partial charge in [0.05, 0.1) is 5.75 Å². The summed E-state index contributed by atoms with van der Waals surface area (Å²) in [6, 6.07) is 0.160. The van der Waals surface area contributed by atoms with Gasteiger partial charge in [-0.3, -0.25) is 0 Å². The Labute approximate surface area is 112 Å². The van der Waals surface area contributed by atoms with E-state index < -0.39 is 9.84 Å². The molecule has 2 N–H and O–H groups in total. The van der Waals surface area contributed by atoms with Gasteiger partial charge < -0.3 is 5.73 Å². The van der Waals surface area contributed by atoms with Gasteiger partial charge in [-0.05, 0) is 37.0 Å². The van der Waals surface area contributed by atoms with E-state index in [0.29, 0.717) is 23.5 Å². The van der Waals surface area contributed by atoms with Crippen LogP contribution in [-0.4, -0.2) is 26.0 Å². The van der Waals surface area contributed by atoms with E-state index in [0.717, 1.165) is 6.42 Å². The molecule has 0 aromatic carbocycles. The Kier molecular flexibility index (Phi) is 5.66. The SMILES string of the molecule is CCS(=O)(=O)CCCC(N)C1CCCCC1(C)C. The number of nitrogens with two attached hydrogens (primary N) is 1. The molecule has 0 amide bonds. The van der Waals surface area contributed by atoms with Crippen LogP contribution in [0.15, 0.2) is 0 Å². The minimum absolute atomic E-state index is 0.160. The highest BCUT2D eigenvalue weighted by atomic mass is 32.2. The zero-order valence-corrected chi connectivity index (χ0v) is 12.9. The van der Waals surface area contributed by atoms with Crippen molar-refractivity contribution in [3.63, 3.8) is 0 Å². The van der Waals surface area contributed by atoms with Crippen molar-refractivity contribution < 1.29 is 8.42 Å². The first-order valence-electron chi connectivity index (χ1n) is 7.24. The van der Waals surface area contributed by atoms with Gasteiger partial charge in [0.2, 0.25) is 0 Å². The van der Waals surface area contributed by atoms with Crippen LogP contribution < -0.4 is 5.73 Å². The lowest BCUT2D eigenvalue weighted by atomic mass is 9.65. The third kappa shape index (κ3) is 4.54. The molecular weight excluding hydrogens is 246 g/mol. The van der Waals surface area contributed by atoms with Crippen LogP contribution in [0, 0.1) is 11.3 Å². The molecule has 0 aromatic heterocycles. The molecule has 1 fully saturated rings. The van der Waals surface area contributed by atoms with Crippen LogP contribution in [-0.2, 0) is 9.84 Å². The minimum Gasteiger partial charge on any atom is -0.327 e. The van der Waals surface area contributed by atoms with Crippen molar-refractivity contribution in [3.05, 3.63) is 0 Å². The van der Waals surface area contributed by atoms with E-state index in [1.165, 1.54) is 25.7 Å². The largest absolute Gasteiger partial charge is 0.327 e. The first-order valence-corrected chi connectivity index (χ1v) is 9.06. The van der Waals surface area contributed by atoms with Gasteiger partial charge in [-0.25, -0.2) is 8.42 Å². The molecule has 0 saturated heterocycles. The van der Waals surface area contributed by atoms with Crippen molar-refractivity contribution in [1.29, 1.82) is 0 Å². The molecule has 2 unspecified atom stereocenters. The van der Waals surface area contributed by atoms with E-state index in [2.05, 4.69) is 13.8 Å². The monoisotopic (exact) mass is 275 g/mol. The lowest BCUT2D eigenvalue weighted by molar-refractivity contribution is 0.109. The van der Waals surface area contributed by atoms with Crippen LogP contribution >= 0.6 is 0 Å². The third-order valence-corrected chi connectivity index (χ3v) is 6.33. The van der Waals surface area contributed by atoms with Crippen LogP contribution in [0.25, 0.3) is 0 Å². The van der Waals surface area contributed by atoms with Gasteiger partial charge in [0, 0.05) is 11.8 Å². The summed E-state index contributed by atoms with van der Waals surface area (Å²) in [5.74, 6) is 1.09. The van der Waals surface area contributed by atoms with E-state index in [1.54, 1.807) is 6.92 Å². The molecule has 18 heavy (non-hydrogen) atoms. The lowest BCUT2D eigenvalue weighted by Gasteiger charge is -2.42. The summed E-state index contributed by atoms with van der Waals surface area (Å²) in [7, 11) is -2.83. The molecule has 0 bridgehead atoms. The molecule has 0 spiro atoms. The maximum Gasteiger partial charge on any atom is 0.150 e. The minimum atomic E-state index is -2.83. The van der Waals surface area contributed by atoms with Gasteiger partial charge in [0.25, 0.3) is 0 Å². The van der Waals surface area contributed by atoms with Crippen LogP contribution in [0.4, 0.5) is 0 Å². The van der Waals surface area contributed by atoms with Crippen LogP contribution in [0.5, 0.6) is 0 Å². The second-order valence-corrected chi connectivity index (χ2v) is 8.86. The fourth-order valence-electron chi connectivity index (χ4n) is 3.20. The fourth-order valence-corrected chi connectivity index (χ4v) is 4.09. The number of sulfone groups is 1. The van der Waals surface area contributed by atoms with Gasteiger partial charge in [-0.2, -0.15) is 0 Å². The Bertz CT molecular complexity index is 349. The van der Waals surface area contributed by atoms with E-state index in [-0.39, 0.29) is 11.8 Å². The highest BCUT2D eigenvalue weighted by molar-refractivity contribution is 7.91. The molecule has 2 atom stereocenters. The Hall–Kier alpha value is -0.0900. The summed E-state index contributed by atoms with van der Waals surface area (Å²) in [5, 5.41) is 0. The summed E-state index contributed by atoms with van der Waals surface area (Å²) >= 11 is 0. The average molecular weight is 275 g/mol. The van der Waals surface area contributed by atoms with Crippen LogP contribution in [0.1, 0.15) is 59.3 Å². The fraction of sp³-hybridized carbons (Fsp3) is 1.00. The summed E-state index contributed by atoms with van der Waals surface area (Å²) < 4.78 is 22.9. The van der Waals surface area contributed by atoms with Crippen molar-refractivity contribution in [1.82, 2.24) is 0 Å². The van der Waals surface area contributed by atoms with Gasteiger partial charge >= 0.3 is 0 Å². The van der Waals surface area contributed by atoms with E-state index in [1.807, 2.05) is 0 Å². The molecule has 0 radical (unpaired) electrons. The highest BCUT2D eigenvalue weighted by Gasteiger charge is 2.35. The lowest BCUT2D eigenvalue weighted by Crippen LogP contribution is -2.41. The highest BCUT2D eigenvalue weighted by Crippen LogP contribution is 2.42. The van der Waals surface area contributed by atoms with Crippen LogP contribution in [0.2, 0.25) is 0 Å². The Morgan fingerprint density at radius 1 is 1.33 bits per heavy atom. The standard InChI is InChI=1S/C14H29NO2S/c1-4-18(16,17)11-7-9-13(15)12-8-5-6-10-14(12,2)3/h12-13H,4-11,15H2,1-3H3. The third-order valence-electron chi connectivity index (χ3n) is 4.54. The zero-order valence-electron chi connectivity index (χ0n) is 12.1. The number of rotatable bonds is 6. The van der Waals surface area contributed by atoms with Gasteiger partial charge in [0.15, 0.2) is 0 Å². The summed E-state index contributed by atoms with van der Waals surface area (Å²) in [6.07, 6.45) is 6.58. The summed E-state index contributed by atoms with van der Waals surface area (Å²) in [5.41, 5.74) is 6.62. The van der Waals surface area contributed by atoms with E-state index >= 15 is 0 Å². The van der Waals surface area contributed by atoms with Gasteiger partial charge in [-0.1, -0.05) is 33.6 Å². The molecule has 1 saturated carbocycles. The number of hydrogen-bond acceptors (Lipinski definition) is 3. The predicted octanol–water partition coefficient (Wildman–Crippen LogP) is 2.75. The second kappa shape index (κ2) is 6.38. The topological polar surface area (TPSA) is 60.2 Å². The molecule has 0 heterocycles. The average Bonchev–Trinajstić information content (AvgIpc) is 2.28. The molecule has 1 rings (SSSR count). The maximum absolute atomic E-state index is 11.4. The Morgan fingerprint density at radius 3 is 2.56 bits per heavy atom. The molecule has 0 aromatic rings.